The van der Waals surface area contributed by atoms with Gasteiger partial charge in [0.15, 0.2) is 0 Å². The van der Waals surface area contributed by atoms with Crippen molar-refractivity contribution in [3.63, 3.8) is 0 Å². The molecule has 2 aliphatic heterocycles. The molecule has 2 heterocycles. The van der Waals surface area contributed by atoms with Gasteiger partial charge in [0.2, 0.25) is 0 Å². The van der Waals surface area contributed by atoms with Crippen LogP contribution in [0.25, 0.3) is 0 Å². The molecule has 2 saturated carbocycles. The Kier molecular flexibility index (Phi) is 3.03. The molecule has 1 atom stereocenters. The van der Waals surface area contributed by atoms with Crippen molar-refractivity contribution in [1.29, 1.82) is 0 Å². The Labute approximate surface area is 125 Å². The Hall–Kier alpha value is -1.10. The number of nitrogens with zero attached hydrogens (tertiary/aromatic N) is 1. The third kappa shape index (κ3) is 2.00. The standard InChI is InChI=1S/C16H24N2O3/c19-13-16(8-3-4-9-16)18(14(20)17-13)11-12-5-10-15(21-12)6-1-2-7-15/h12H,1-11H2,(H,17,19,20). The topological polar surface area (TPSA) is 58.6 Å². The first kappa shape index (κ1) is 13.6. The van der Waals surface area contributed by atoms with Crippen LogP contribution in [-0.4, -0.2) is 40.6 Å². The van der Waals surface area contributed by atoms with E-state index in [4.69, 9.17) is 4.74 Å². The summed E-state index contributed by atoms with van der Waals surface area (Å²) in [6.07, 6.45) is 10.8. The van der Waals surface area contributed by atoms with Crippen molar-refractivity contribution in [3.8, 4) is 0 Å². The van der Waals surface area contributed by atoms with Crippen LogP contribution in [0.5, 0.6) is 0 Å². The van der Waals surface area contributed by atoms with Crippen molar-refractivity contribution in [1.82, 2.24) is 10.2 Å². The molecule has 5 heteroatoms. The monoisotopic (exact) mass is 292 g/mol. The first-order valence-electron chi connectivity index (χ1n) is 8.45. The molecular formula is C16H24N2O3. The summed E-state index contributed by atoms with van der Waals surface area (Å²) in [7, 11) is 0. The van der Waals surface area contributed by atoms with E-state index in [0.29, 0.717) is 6.54 Å². The number of hydrogen-bond acceptors (Lipinski definition) is 3. The number of ether oxygens (including phenoxy) is 1. The molecule has 0 aromatic rings. The third-order valence-corrected chi connectivity index (χ3v) is 6.08. The normalized spacial score (nSPS) is 33.5. The Balaban J connectivity index is 1.48. The zero-order chi connectivity index (χ0) is 14.5. The lowest BCUT2D eigenvalue weighted by Gasteiger charge is -2.34. The zero-order valence-electron chi connectivity index (χ0n) is 12.5. The highest BCUT2D eigenvalue weighted by Crippen LogP contribution is 2.45. The van der Waals surface area contributed by atoms with Gasteiger partial charge in [0.25, 0.3) is 5.91 Å². The molecule has 0 aromatic heterocycles. The maximum absolute atomic E-state index is 12.2. The van der Waals surface area contributed by atoms with Crippen LogP contribution in [0.4, 0.5) is 4.79 Å². The van der Waals surface area contributed by atoms with Gasteiger partial charge < -0.3 is 9.64 Å². The van der Waals surface area contributed by atoms with Crippen LogP contribution < -0.4 is 5.32 Å². The minimum Gasteiger partial charge on any atom is -0.370 e. The van der Waals surface area contributed by atoms with Gasteiger partial charge >= 0.3 is 6.03 Å². The number of carbonyl (C=O) groups is 2. The Morgan fingerprint density at radius 2 is 1.71 bits per heavy atom. The summed E-state index contributed by atoms with van der Waals surface area (Å²) in [5.41, 5.74) is -0.473. The molecular weight excluding hydrogens is 268 g/mol. The average Bonchev–Trinajstić information content (AvgIpc) is 3.21. The minimum atomic E-state index is -0.564. The second-order valence-electron chi connectivity index (χ2n) is 7.28. The smallest absolute Gasteiger partial charge is 0.325 e. The molecule has 2 saturated heterocycles. The van der Waals surface area contributed by atoms with E-state index in [1.165, 1.54) is 25.7 Å². The van der Waals surface area contributed by atoms with Gasteiger partial charge in [-0.25, -0.2) is 4.79 Å². The number of nitrogens with one attached hydrogen (secondary N) is 1. The van der Waals surface area contributed by atoms with E-state index < -0.39 is 5.54 Å². The Morgan fingerprint density at radius 1 is 1.05 bits per heavy atom. The molecule has 0 aromatic carbocycles. The van der Waals surface area contributed by atoms with Crippen LogP contribution in [0.2, 0.25) is 0 Å². The summed E-state index contributed by atoms with van der Waals surface area (Å²) in [5, 5.41) is 2.53. The fourth-order valence-electron chi connectivity index (χ4n) is 4.93. The Bertz CT molecular complexity index is 464. The van der Waals surface area contributed by atoms with E-state index in [2.05, 4.69) is 5.32 Å². The average molecular weight is 292 g/mol. The van der Waals surface area contributed by atoms with E-state index >= 15 is 0 Å². The third-order valence-electron chi connectivity index (χ3n) is 6.08. The molecule has 4 fully saturated rings. The van der Waals surface area contributed by atoms with Crippen LogP contribution in [0.1, 0.15) is 64.2 Å². The molecule has 5 nitrogen and oxygen atoms in total. The van der Waals surface area contributed by atoms with Gasteiger partial charge in [0.05, 0.1) is 11.7 Å². The van der Waals surface area contributed by atoms with E-state index in [0.717, 1.165) is 38.5 Å². The van der Waals surface area contributed by atoms with Crippen LogP contribution >= 0.6 is 0 Å². The summed E-state index contributed by atoms with van der Waals surface area (Å²) < 4.78 is 6.33. The van der Waals surface area contributed by atoms with Crippen molar-refractivity contribution in [2.75, 3.05) is 6.54 Å². The first-order valence-corrected chi connectivity index (χ1v) is 8.45. The van der Waals surface area contributed by atoms with Gasteiger partial charge in [-0.2, -0.15) is 0 Å². The van der Waals surface area contributed by atoms with Gasteiger partial charge in [0, 0.05) is 6.54 Å². The second-order valence-corrected chi connectivity index (χ2v) is 7.28. The predicted octanol–water partition coefficient (Wildman–Crippen LogP) is 2.34. The minimum absolute atomic E-state index is 0.0847. The molecule has 4 rings (SSSR count). The lowest BCUT2D eigenvalue weighted by atomic mass is 9.95. The quantitative estimate of drug-likeness (QED) is 0.795. The molecule has 3 amide bonds. The largest absolute Gasteiger partial charge is 0.370 e. The lowest BCUT2D eigenvalue weighted by Crippen LogP contribution is -2.50. The maximum atomic E-state index is 12.2. The molecule has 0 radical (unpaired) electrons. The highest BCUT2D eigenvalue weighted by molar-refractivity contribution is 6.07. The van der Waals surface area contributed by atoms with Gasteiger partial charge in [-0.15, -0.1) is 0 Å². The van der Waals surface area contributed by atoms with Gasteiger partial charge in [-0.1, -0.05) is 25.7 Å². The summed E-state index contributed by atoms with van der Waals surface area (Å²) in [5.74, 6) is -0.0847. The molecule has 1 N–H and O–H groups in total. The SMILES string of the molecule is O=C1NC(=O)C2(CCCC2)N1CC1CCC2(CCCC2)O1. The van der Waals surface area contributed by atoms with Crippen LogP contribution in [0.3, 0.4) is 0 Å². The van der Waals surface area contributed by atoms with E-state index in [1.807, 2.05) is 0 Å². The highest BCUT2D eigenvalue weighted by Gasteiger charge is 2.55. The molecule has 116 valence electrons. The van der Waals surface area contributed by atoms with Gasteiger partial charge in [0.1, 0.15) is 5.54 Å². The fourth-order valence-corrected chi connectivity index (χ4v) is 4.93. The Morgan fingerprint density at radius 3 is 2.43 bits per heavy atom. The summed E-state index contributed by atoms with van der Waals surface area (Å²) in [6, 6.07) is -0.210. The summed E-state index contributed by atoms with van der Waals surface area (Å²) >= 11 is 0. The van der Waals surface area contributed by atoms with Crippen LogP contribution in [0.15, 0.2) is 0 Å². The number of urea groups is 1. The fraction of sp³-hybridized carbons (Fsp3) is 0.875. The molecule has 2 spiro atoms. The number of rotatable bonds is 2. The first-order chi connectivity index (χ1) is 10.1. The zero-order valence-corrected chi connectivity index (χ0v) is 12.5. The number of imide groups is 1. The van der Waals surface area contributed by atoms with E-state index in [9.17, 15) is 9.59 Å². The van der Waals surface area contributed by atoms with Crippen molar-refractivity contribution < 1.29 is 14.3 Å². The van der Waals surface area contributed by atoms with Crippen molar-refractivity contribution in [2.45, 2.75) is 81.5 Å². The molecule has 21 heavy (non-hydrogen) atoms. The van der Waals surface area contributed by atoms with Gasteiger partial charge in [-0.3, -0.25) is 10.1 Å². The molecule has 4 aliphatic rings. The van der Waals surface area contributed by atoms with Crippen molar-refractivity contribution in [3.05, 3.63) is 0 Å². The number of carbonyl (C=O) groups excluding carboxylic acids is 2. The van der Waals surface area contributed by atoms with Crippen molar-refractivity contribution in [2.24, 2.45) is 0 Å². The maximum Gasteiger partial charge on any atom is 0.325 e. The number of amides is 3. The number of hydrogen-bond donors (Lipinski definition) is 1. The van der Waals surface area contributed by atoms with Crippen molar-refractivity contribution >= 4 is 11.9 Å². The summed E-state index contributed by atoms with van der Waals surface area (Å²) in [6.45, 7) is 0.583. The molecule has 0 bridgehead atoms. The van der Waals surface area contributed by atoms with Crippen LogP contribution in [-0.2, 0) is 9.53 Å². The summed E-state index contributed by atoms with van der Waals surface area (Å²) in [4.78, 5) is 26.2. The van der Waals surface area contributed by atoms with Gasteiger partial charge in [-0.05, 0) is 38.5 Å². The lowest BCUT2D eigenvalue weighted by molar-refractivity contribution is -0.127. The predicted molar refractivity (Wildman–Crippen MR) is 76.7 cm³/mol. The second kappa shape index (κ2) is 4.70. The molecule has 2 aliphatic carbocycles. The van der Waals surface area contributed by atoms with Crippen LogP contribution in [0, 0.1) is 0 Å². The molecule has 1 unspecified atom stereocenters. The van der Waals surface area contributed by atoms with E-state index in [1.54, 1.807) is 4.90 Å². The van der Waals surface area contributed by atoms with E-state index in [-0.39, 0.29) is 23.6 Å². The highest BCUT2D eigenvalue weighted by atomic mass is 16.5.